The van der Waals surface area contributed by atoms with Crippen LogP contribution in [-0.4, -0.2) is 22.8 Å². The maximum absolute atomic E-state index is 12.6. The molecule has 4 nitrogen and oxygen atoms in total. The minimum Gasteiger partial charge on any atom is -0.455 e. The number of aromatic nitrogens is 1. The minimum absolute atomic E-state index is 0.380. The summed E-state index contributed by atoms with van der Waals surface area (Å²) in [6.45, 7) is 13.5. The maximum atomic E-state index is 12.6. The van der Waals surface area contributed by atoms with Gasteiger partial charge in [-0.3, -0.25) is 4.79 Å². The van der Waals surface area contributed by atoms with Crippen LogP contribution in [0.1, 0.15) is 80.1 Å². The van der Waals surface area contributed by atoms with E-state index in [1.54, 1.807) is 0 Å². The Bertz CT molecular complexity index is 751. The average molecular weight is 357 g/mol. The Kier molecular flexibility index (Phi) is 7.81. The van der Waals surface area contributed by atoms with Gasteiger partial charge in [0.05, 0.1) is 5.69 Å². The number of H-pyrrole nitrogens is 1. The molecule has 0 aliphatic rings. The van der Waals surface area contributed by atoms with E-state index in [0.29, 0.717) is 17.8 Å². The molecule has 2 aromatic rings. The summed E-state index contributed by atoms with van der Waals surface area (Å²) in [6.07, 6.45) is 2.33. The minimum atomic E-state index is -0.587. The van der Waals surface area contributed by atoms with E-state index in [0.717, 1.165) is 35.0 Å². The Balaban J connectivity index is 0.00000163. The summed E-state index contributed by atoms with van der Waals surface area (Å²) >= 11 is 0. The monoisotopic (exact) mass is 357 g/mol. The van der Waals surface area contributed by atoms with Gasteiger partial charge in [0.25, 0.3) is 0 Å². The Morgan fingerprint density at radius 2 is 1.88 bits per heavy atom. The Morgan fingerprint density at radius 1 is 1.23 bits per heavy atom. The van der Waals surface area contributed by atoms with Crippen molar-refractivity contribution in [3.63, 3.8) is 0 Å². The summed E-state index contributed by atoms with van der Waals surface area (Å²) in [7, 11) is 0. The molecule has 1 N–H and O–H groups in total. The van der Waals surface area contributed by atoms with Gasteiger partial charge in [-0.25, -0.2) is 4.79 Å². The Labute approximate surface area is 157 Å². The van der Waals surface area contributed by atoms with Crippen LogP contribution in [0.4, 0.5) is 0 Å². The molecular weight excluding hydrogens is 326 g/mol. The summed E-state index contributed by atoms with van der Waals surface area (Å²) in [5, 5.41) is 0. The molecule has 0 saturated heterocycles. The molecule has 26 heavy (non-hydrogen) atoms. The van der Waals surface area contributed by atoms with Crippen LogP contribution in [-0.2, 0) is 11.2 Å². The van der Waals surface area contributed by atoms with Gasteiger partial charge in [0.15, 0.2) is 6.29 Å². The highest BCUT2D eigenvalue weighted by molar-refractivity contribution is 5.97. The van der Waals surface area contributed by atoms with E-state index in [1.807, 2.05) is 72.7 Å². The molecule has 4 heteroatoms. The van der Waals surface area contributed by atoms with Crippen molar-refractivity contribution in [2.75, 3.05) is 0 Å². The largest absolute Gasteiger partial charge is 0.455 e. The number of benzene rings is 1. The second kappa shape index (κ2) is 9.37. The summed E-state index contributed by atoms with van der Waals surface area (Å²) in [4.78, 5) is 27.1. The van der Waals surface area contributed by atoms with E-state index in [1.165, 1.54) is 0 Å². The molecule has 1 aromatic carbocycles. The van der Waals surface area contributed by atoms with E-state index in [9.17, 15) is 9.59 Å². The molecule has 0 fully saturated rings. The molecule has 0 aliphatic heterocycles. The van der Waals surface area contributed by atoms with Crippen molar-refractivity contribution in [1.29, 1.82) is 0 Å². The zero-order valence-electron chi connectivity index (χ0n) is 17.0. The van der Waals surface area contributed by atoms with Crippen LogP contribution in [0, 0.1) is 6.92 Å². The zero-order chi connectivity index (χ0) is 19.9. The molecule has 0 aliphatic carbocycles. The lowest BCUT2D eigenvalue weighted by Crippen LogP contribution is -2.24. The lowest BCUT2D eigenvalue weighted by molar-refractivity contribution is 0.00624. The van der Waals surface area contributed by atoms with E-state index in [4.69, 9.17) is 4.74 Å². The molecule has 0 amide bonds. The van der Waals surface area contributed by atoms with Crippen molar-refractivity contribution in [3.8, 4) is 11.1 Å². The third-order valence-electron chi connectivity index (χ3n) is 3.66. The highest BCUT2D eigenvalue weighted by atomic mass is 16.6. The summed E-state index contributed by atoms with van der Waals surface area (Å²) < 4.78 is 5.50. The predicted molar refractivity (Wildman–Crippen MR) is 107 cm³/mol. The van der Waals surface area contributed by atoms with Crippen molar-refractivity contribution in [2.45, 2.75) is 66.9 Å². The van der Waals surface area contributed by atoms with Gasteiger partial charge < -0.3 is 9.72 Å². The standard InChI is InChI=1S/C20H25NO3.C2H6/c1-6-8-15-17(14-10-7-9-13(2)11-14)16(12-22)21-18(15)19(23)24-20(3,4)5;1-2/h7,9-12,21H,6,8H2,1-5H3;1-2H3. The van der Waals surface area contributed by atoms with Crippen molar-refractivity contribution < 1.29 is 14.3 Å². The average Bonchev–Trinajstić information content (AvgIpc) is 2.94. The molecule has 0 bridgehead atoms. The normalized spacial score (nSPS) is 10.7. The molecule has 0 saturated carbocycles. The first-order valence-electron chi connectivity index (χ1n) is 9.27. The van der Waals surface area contributed by atoms with Crippen LogP contribution in [0.25, 0.3) is 11.1 Å². The SMILES string of the molecule is CC.CCCc1c(C(=O)OC(C)(C)C)[nH]c(C=O)c1-c1cccc(C)c1. The second-order valence-electron chi connectivity index (χ2n) is 7.01. The number of carbonyl (C=O) groups is 2. The second-order valence-corrected chi connectivity index (χ2v) is 7.01. The summed E-state index contributed by atoms with van der Waals surface area (Å²) in [5.74, 6) is -0.423. The number of carbonyl (C=O) groups excluding carboxylic acids is 2. The van der Waals surface area contributed by atoms with Crippen LogP contribution in [0.5, 0.6) is 0 Å². The number of hydrogen-bond donors (Lipinski definition) is 1. The van der Waals surface area contributed by atoms with Crippen LogP contribution < -0.4 is 0 Å². The highest BCUT2D eigenvalue weighted by Crippen LogP contribution is 2.32. The number of aromatic amines is 1. The predicted octanol–water partition coefficient (Wildman–Crippen LogP) is 5.74. The fraction of sp³-hybridized carbons (Fsp3) is 0.455. The zero-order valence-corrected chi connectivity index (χ0v) is 17.0. The van der Waals surface area contributed by atoms with E-state index < -0.39 is 11.6 Å². The molecule has 0 radical (unpaired) electrons. The third kappa shape index (κ3) is 5.32. The number of hydrogen-bond acceptors (Lipinski definition) is 3. The van der Waals surface area contributed by atoms with Gasteiger partial charge in [-0.1, -0.05) is 57.0 Å². The first-order valence-corrected chi connectivity index (χ1v) is 9.27. The van der Waals surface area contributed by atoms with Crippen LogP contribution in [0.2, 0.25) is 0 Å². The topological polar surface area (TPSA) is 59.2 Å². The van der Waals surface area contributed by atoms with Crippen molar-refractivity contribution in [2.24, 2.45) is 0 Å². The third-order valence-corrected chi connectivity index (χ3v) is 3.66. The van der Waals surface area contributed by atoms with Crippen molar-refractivity contribution in [1.82, 2.24) is 4.98 Å². The van der Waals surface area contributed by atoms with E-state index in [-0.39, 0.29) is 0 Å². The first-order chi connectivity index (χ1) is 12.3. The van der Waals surface area contributed by atoms with Gasteiger partial charge in [-0.2, -0.15) is 0 Å². The van der Waals surface area contributed by atoms with Gasteiger partial charge in [0, 0.05) is 5.56 Å². The Morgan fingerprint density at radius 3 is 2.38 bits per heavy atom. The van der Waals surface area contributed by atoms with E-state index in [2.05, 4.69) is 4.98 Å². The molecule has 0 unspecified atom stereocenters. The number of aldehydes is 1. The number of ether oxygens (including phenoxy) is 1. The van der Waals surface area contributed by atoms with Crippen molar-refractivity contribution in [3.05, 3.63) is 46.8 Å². The number of esters is 1. The molecule has 0 atom stereocenters. The molecule has 0 spiro atoms. The van der Waals surface area contributed by atoms with Crippen LogP contribution in [0.15, 0.2) is 24.3 Å². The van der Waals surface area contributed by atoms with Gasteiger partial charge in [-0.15, -0.1) is 0 Å². The molecule has 2 rings (SSSR count). The fourth-order valence-corrected chi connectivity index (χ4v) is 2.78. The highest BCUT2D eigenvalue weighted by Gasteiger charge is 2.26. The smallest absolute Gasteiger partial charge is 0.355 e. The van der Waals surface area contributed by atoms with E-state index >= 15 is 0 Å². The lowest BCUT2D eigenvalue weighted by atomic mass is 9.96. The maximum Gasteiger partial charge on any atom is 0.355 e. The Hall–Kier alpha value is -2.36. The molecule has 142 valence electrons. The van der Waals surface area contributed by atoms with Crippen LogP contribution >= 0.6 is 0 Å². The molecular formula is C22H31NO3. The number of aryl methyl sites for hydroxylation is 1. The lowest BCUT2D eigenvalue weighted by Gasteiger charge is -2.19. The quantitative estimate of drug-likeness (QED) is 0.548. The summed E-state index contributed by atoms with van der Waals surface area (Å²) in [6, 6.07) is 7.94. The number of nitrogens with one attached hydrogen (secondary N) is 1. The first kappa shape index (κ1) is 21.7. The number of rotatable bonds is 5. The van der Waals surface area contributed by atoms with Gasteiger partial charge in [0.1, 0.15) is 11.3 Å². The van der Waals surface area contributed by atoms with Gasteiger partial charge in [-0.05, 0) is 45.2 Å². The van der Waals surface area contributed by atoms with Crippen LogP contribution in [0.3, 0.4) is 0 Å². The van der Waals surface area contributed by atoms with Crippen molar-refractivity contribution >= 4 is 12.3 Å². The van der Waals surface area contributed by atoms with Gasteiger partial charge in [0.2, 0.25) is 0 Å². The summed E-state index contributed by atoms with van der Waals surface area (Å²) in [5.41, 5.74) is 3.90. The molecule has 1 heterocycles. The van der Waals surface area contributed by atoms with Gasteiger partial charge >= 0.3 is 5.97 Å². The fourth-order valence-electron chi connectivity index (χ4n) is 2.78. The molecule has 1 aromatic heterocycles.